The van der Waals surface area contributed by atoms with Gasteiger partial charge in [0.15, 0.2) is 0 Å². The Morgan fingerprint density at radius 2 is 1.95 bits per heavy atom. The minimum absolute atomic E-state index is 0.215. The predicted molar refractivity (Wildman–Crippen MR) is 69.9 cm³/mol. The van der Waals surface area contributed by atoms with Crippen LogP contribution in [-0.4, -0.2) is 36.1 Å². The Balaban J connectivity index is 2.67. The highest BCUT2D eigenvalue weighted by Crippen LogP contribution is 2.30. The lowest BCUT2D eigenvalue weighted by molar-refractivity contribution is -0.141. The maximum absolute atomic E-state index is 12.5. The molecular weight excluding hydrogens is 257 g/mol. The Labute approximate surface area is 110 Å². The van der Waals surface area contributed by atoms with Crippen molar-refractivity contribution in [2.75, 3.05) is 37.2 Å². The lowest BCUT2D eigenvalue weighted by atomic mass is 10.2. The molecule has 4 nitrogen and oxygen atoms in total. The fourth-order valence-electron chi connectivity index (χ4n) is 1.66. The van der Waals surface area contributed by atoms with Crippen molar-refractivity contribution in [1.82, 2.24) is 9.88 Å². The van der Waals surface area contributed by atoms with Crippen LogP contribution in [0.1, 0.15) is 19.5 Å². The molecule has 1 aromatic heterocycles. The molecule has 0 aromatic carbocycles. The molecule has 0 fully saturated rings. The Morgan fingerprint density at radius 3 is 2.47 bits per heavy atom. The molecule has 0 saturated carbocycles. The number of nitrogen functional groups attached to an aromatic ring is 1. The van der Waals surface area contributed by atoms with Crippen LogP contribution in [0.25, 0.3) is 0 Å². The summed E-state index contributed by atoms with van der Waals surface area (Å²) in [6.45, 7) is 7.15. The molecule has 0 amide bonds. The Kier molecular flexibility index (Phi) is 5.41. The first-order chi connectivity index (χ1) is 8.88. The summed E-state index contributed by atoms with van der Waals surface area (Å²) in [5, 5.41) is 2.92. The SMILES string of the molecule is CCN(CC)CCNc1cc(C(F)(F)F)ncc1N. The largest absolute Gasteiger partial charge is 0.433 e. The van der Waals surface area contributed by atoms with E-state index in [1.54, 1.807) is 0 Å². The van der Waals surface area contributed by atoms with E-state index in [-0.39, 0.29) is 11.4 Å². The first kappa shape index (κ1) is 15.6. The van der Waals surface area contributed by atoms with Crippen molar-refractivity contribution in [3.8, 4) is 0 Å². The number of pyridine rings is 1. The molecule has 0 bridgehead atoms. The van der Waals surface area contributed by atoms with Crippen LogP contribution < -0.4 is 11.1 Å². The summed E-state index contributed by atoms with van der Waals surface area (Å²) in [4.78, 5) is 5.45. The van der Waals surface area contributed by atoms with Crippen molar-refractivity contribution in [2.45, 2.75) is 20.0 Å². The molecular formula is C12H19F3N4. The molecule has 0 unspecified atom stereocenters. The fraction of sp³-hybridized carbons (Fsp3) is 0.583. The van der Waals surface area contributed by atoms with Crippen LogP contribution in [0.15, 0.2) is 12.3 Å². The van der Waals surface area contributed by atoms with E-state index in [0.29, 0.717) is 6.54 Å². The zero-order valence-corrected chi connectivity index (χ0v) is 11.1. The minimum Gasteiger partial charge on any atom is -0.396 e. The summed E-state index contributed by atoms with van der Waals surface area (Å²) in [5.41, 5.74) is 5.16. The first-order valence-corrected chi connectivity index (χ1v) is 6.17. The van der Waals surface area contributed by atoms with Gasteiger partial charge in [-0.15, -0.1) is 0 Å². The standard InChI is InChI=1S/C12H19F3N4/c1-3-19(4-2)6-5-17-10-7-11(12(13,14)15)18-8-9(10)16/h7-8H,3-6,16H2,1-2H3,(H,17,18). The summed E-state index contributed by atoms with van der Waals surface area (Å²) < 4.78 is 37.6. The molecule has 1 aromatic rings. The van der Waals surface area contributed by atoms with Gasteiger partial charge in [0, 0.05) is 13.1 Å². The number of hydrogen-bond acceptors (Lipinski definition) is 4. The Bertz CT molecular complexity index is 402. The van der Waals surface area contributed by atoms with E-state index in [1.165, 1.54) is 0 Å². The first-order valence-electron chi connectivity index (χ1n) is 6.17. The summed E-state index contributed by atoms with van der Waals surface area (Å²) in [6.07, 6.45) is -3.43. The number of anilines is 2. The van der Waals surface area contributed by atoms with Crippen LogP contribution in [-0.2, 0) is 6.18 Å². The highest BCUT2D eigenvalue weighted by atomic mass is 19.4. The smallest absolute Gasteiger partial charge is 0.396 e. The van der Waals surface area contributed by atoms with Crippen molar-refractivity contribution in [1.29, 1.82) is 0 Å². The lowest BCUT2D eigenvalue weighted by Gasteiger charge is -2.19. The number of nitrogens with zero attached hydrogens (tertiary/aromatic N) is 2. The molecule has 0 aliphatic rings. The average molecular weight is 276 g/mol. The van der Waals surface area contributed by atoms with Gasteiger partial charge in [-0.2, -0.15) is 13.2 Å². The highest BCUT2D eigenvalue weighted by Gasteiger charge is 2.32. The van der Waals surface area contributed by atoms with Gasteiger partial charge in [0.1, 0.15) is 5.69 Å². The van der Waals surface area contributed by atoms with Gasteiger partial charge in [-0.1, -0.05) is 13.8 Å². The second-order valence-electron chi connectivity index (χ2n) is 4.11. The molecule has 19 heavy (non-hydrogen) atoms. The topological polar surface area (TPSA) is 54.2 Å². The summed E-state index contributed by atoms with van der Waals surface area (Å²) >= 11 is 0. The summed E-state index contributed by atoms with van der Waals surface area (Å²) in [6, 6.07) is 0.942. The molecule has 108 valence electrons. The van der Waals surface area contributed by atoms with Gasteiger partial charge in [0.25, 0.3) is 0 Å². The highest BCUT2D eigenvalue weighted by molar-refractivity contribution is 5.65. The van der Waals surface area contributed by atoms with E-state index in [9.17, 15) is 13.2 Å². The third-order valence-corrected chi connectivity index (χ3v) is 2.86. The van der Waals surface area contributed by atoms with Gasteiger partial charge in [0.2, 0.25) is 0 Å². The molecule has 1 heterocycles. The molecule has 0 spiro atoms. The molecule has 3 N–H and O–H groups in total. The van der Waals surface area contributed by atoms with Crippen LogP contribution in [0.5, 0.6) is 0 Å². The number of hydrogen-bond donors (Lipinski definition) is 2. The van der Waals surface area contributed by atoms with Gasteiger partial charge in [-0.25, -0.2) is 4.98 Å². The Hall–Kier alpha value is -1.50. The third-order valence-electron chi connectivity index (χ3n) is 2.86. The van der Waals surface area contributed by atoms with Crippen molar-refractivity contribution >= 4 is 11.4 Å². The summed E-state index contributed by atoms with van der Waals surface area (Å²) in [5.74, 6) is 0. The summed E-state index contributed by atoms with van der Waals surface area (Å²) in [7, 11) is 0. The van der Waals surface area contributed by atoms with Crippen LogP contribution >= 0.6 is 0 Å². The average Bonchev–Trinajstić information content (AvgIpc) is 2.35. The van der Waals surface area contributed by atoms with Gasteiger partial charge < -0.3 is 16.0 Å². The van der Waals surface area contributed by atoms with E-state index in [1.807, 2.05) is 13.8 Å². The zero-order chi connectivity index (χ0) is 14.5. The predicted octanol–water partition coefficient (Wildman–Crippen LogP) is 2.44. The van der Waals surface area contributed by atoms with E-state index >= 15 is 0 Å². The van der Waals surface area contributed by atoms with Crippen LogP contribution in [0.2, 0.25) is 0 Å². The van der Waals surface area contributed by atoms with Gasteiger partial charge in [-0.3, -0.25) is 0 Å². The number of rotatable bonds is 6. The molecule has 0 saturated heterocycles. The monoisotopic (exact) mass is 276 g/mol. The second-order valence-corrected chi connectivity index (χ2v) is 4.11. The van der Waals surface area contributed by atoms with Gasteiger partial charge >= 0.3 is 6.18 Å². The number of alkyl halides is 3. The second kappa shape index (κ2) is 6.60. The van der Waals surface area contributed by atoms with E-state index in [4.69, 9.17) is 5.73 Å². The van der Waals surface area contributed by atoms with Crippen molar-refractivity contribution in [2.24, 2.45) is 0 Å². The number of aromatic nitrogens is 1. The number of nitrogens with two attached hydrogens (primary N) is 1. The normalized spacial score (nSPS) is 11.9. The lowest BCUT2D eigenvalue weighted by Crippen LogP contribution is -2.28. The minimum atomic E-state index is -4.46. The maximum Gasteiger partial charge on any atom is 0.433 e. The molecule has 1 rings (SSSR count). The number of nitrogens with one attached hydrogen (secondary N) is 1. The number of halogens is 3. The van der Waals surface area contributed by atoms with E-state index in [2.05, 4.69) is 15.2 Å². The van der Waals surface area contributed by atoms with E-state index < -0.39 is 11.9 Å². The molecule has 0 aliphatic carbocycles. The van der Waals surface area contributed by atoms with Crippen molar-refractivity contribution in [3.63, 3.8) is 0 Å². The van der Waals surface area contributed by atoms with Crippen LogP contribution in [0.3, 0.4) is 0 Å². The van der Waals surface area contributed by atoms with E-state index in [0.717, 1.165) is 31.9 Å². The van der Waals surface area contributed by atoms with Crippen LogP contribution in [0.4, 0.5) is 24.5 Å². The number of likely N-dealkylation sites (N-methyl/N-ethyl adjacent to an activating group) is 1. The van der Waals surface area contributed by atoms with Crippen molar-refractivity contribution < 1.29 is 13.2 Å². The van der Waals surface area contributed by atoms with Crippen molar-refractivity contribution in [3.05, 3.63) is 18.0 Å². The Morgan fingerprint density at radius 1 is 1.32 bits per heavy atom. The molecule has 7 heteroatoms. The molecule has 0 radical (unpaired) electrons. The van der Waals surface area contributed by atoms with Crippen LogP contribution in [0, 0.1) is 0 Å². The van der Waals surface area contributed by atoms with Gasteiger partial charge in [-0.05, 0) is 19.2 Å². The maximum atomic E-state index is 12.5. The quantitative estimate of drug-likeness (QED) is 0.838. The molecule has 0 aliphatic heterocycles. The third kappa shape index (κ3) is 4.59. The fourth-order valence-corrected chi connectivity index (χ4v) is 1.66. The molecule has 0 atom stereocenters. The zero-order valence-electron chi connectivity index (χ0n) is 11.1. The van der Waals surface area contributed by atoms with Gasteiger partial charge in [0.05, 0.1) is 17.6 Å².